The minimum atomic E-state index is -0.990. The molecule has 2 atom stereocenters. The van der Waals surface area contributed by atoms with Gasteiger partial charge in [0.05, 0.1) is 19.3 Å². The van der Waals surface area contributed by atoms with Crippen molar-refractivity contribution in [1.29, 1.82) is 0 Å². The quantitative estimate of drug-likeness (QED) is 0.830. The van der Waals surface area contributed by atoms with Crippen LogP contribution in [0.5, 0.6) is 0 Å². The van der Waals surface area contributed by atoms with E-state index in [1.807, 2.05) is 0 Å². The van der Waals surface area contributed by atoms with E-state index in [1.165, 1.54) is 12.2 Å². The zero-order valence-electron chi connectivity index (χ0n) is 10.9. The molecule has 1 amide bonds. The van der Waals surface area contributed by atoms with Crippen LogP contribution in [0, 0.1) is 5.92 Å². The SMILES string of the molecule is O=C(C=Cc1c(Cl)cccc1Cl)NC1COCC1C(=O)O. The van der Waals surface area contributed by atoms with Crippen LogP contribution in [0.3, 0.4) is 0 Å². The van der Waals surface area contributed by atoms with Gasteiger partial charge in [-0.3, -0.25) is 9.59 Å². The third-order valence-corrected chi connectivity index (χ3v) is 3.79. The van der Waals surface area contributed by atoms with Crippen molar-refractivity contribution < 1.29 is 19.4 Å². The fraction of sp³-hybridized carbons (Fsp3) is 0.286. The number of carbonyl (C=O) groups is 2. The standard InChI is InChI=1S/C14H13Cl2NO4/c15-10-2-1-3-11(16)8(10)4-5-13(18)17-12-7-21-6-9(12)14(19)20/h1-5,9,12H,6-7H2,(H,17,18)(H,19,20). The molecular formula is C14H13Cl2NO4. The lowest BCUT2D eigenvalue weighted by atomic mass is 10.0. The highest BCUT2D eigenvalue weighted by atomic mass is 35.5. The molecule has 0 aromatic heterocycles. The number of carboxylic acid groups (broad SMARTS) is 1. The van der Waals surface area contributed by atoms with Gasteiger partial charge in [0.25, 0.3) is 0 Å². The molecule has 7 heteroatoms. The smallest absolute Gasteiger partial charge is 0.311 e. The van der Waals surface area contributed by atoms with Crippen molar-refractivity contribution in [1.82, 2.24) is 5.32 Å². The summed E-state index contributed by atoms with van der Waals surface area (Å²) >= 11 is 12.0. The summed E-state index contributed by atoms with van der Waals surface area (Å²) in [6, 6.07) is 4.49. The summed E-state index contributed by atoms with van der Waals surface area (Å²) in [4.78, 5) is 22.8. The Morgan fingerprint density at radius 1 is 1.29 bits per heavy atom. The zero-order valence-corrected chi connectivity index (χ0v) is 12.4. The van der Waals surface area contributed by atoms with Gasteiger partial charge in [0.2, 0.25) is 5.91 Å². The molecule has 1 aromatic carbocycles. The number of hydrogen-bond donors (Lipinski definition) is 2. The fourth-order valence-electron chi connectivity index (χ4n) is 2.00. The Morgan fingerprint density at radius 2 is 1.95 bits per heavy atom. The summed E-state index contributed by atoms with van der Waals surface area (Å²) in [7, 11) is 0. The van der Waals surface area contributed by atoms with E-state index < -0.39 is 23.8 Å². The van der Waals surface area contributed by atoms with Crippen LogP contribution in [-0.2, 0) is 14.3 Å². The zero-order chi connectivity index (χ0) is 15.4. The van der Waals surface area contributed by atoms with Gasteiger partial charge in [-0.15, -0.1) is 0 Å². The maximum atomic E-state index is 11.8. The predicted molar refractivity (Wildman–Crippen MR) is 79.4 cm³/mol. The van der Waals surface area contributed by atoms with Gasteiger partial charge in [0.15, 0.2) is 0 Å². The molecular weight excluding hydrogens is 317 g/mol. The van der Waals surface area contributed by atoms with Crippen molar-refractivity contribution in [3.05, 3.63) is 39.9 Å². The van der Waals surface area contributed by atoms with Crippen LogP contribution in [0.15, 0.2) is 24.3 Å². The van der Waals surface area contributed by atoms with Crippen molar-refractivity contribution >= 4 is 41.2 Å². The van der Waals surface area contributed by atoms with Crippen LogP contribution >= 0.6 is 23.2 Å². The minimum Gasteiger partial charge on any atom is -0.481 e. The van der Waals surface area contributed by atoms with Gasteiger partial charge in [0, 0.05) is 21.7 Å². The molecule has 1 saturated heterocycles. The van der Waals surface area contributed by atoms with Crippen molar-refractivity contribution in [3.8, 4) is 0 Å². The molecule has 1 aromatic rings. The Kier molecular flexibility index (Phi) is 5.22. The predicted octanol–water partition coefficient (Wildman–Crippen LogP) is 2.22. The molecule has 2 rings (SSSR count). The lowest BCUT2D eigenvalue weighted by Crippen LogP contribution is -2.41. The number of nitrogens with one attached hydrogen (secondary N) is 1. The fourth-order valence-corrected chi connectivity index (χ4v) is 2.52. The summed E-state index contributed by atoms with van der Waals surface area (Å²) in [5, 5.41) is 12.5. The second-order valence-corrected chi connectivity index (χ2v) is 5.38. The molecule has 1 fully saturated rings. The molecule has 21 heavy (non-hydrogen) atoms. The van der Waals surface area contributed by atoms with E-state index in [2.05, 4.69) is 5.32 Å². The summed E-state index contributed by atoms with van der Waals surface area (Å²) < 4.78 is 5.07. The van der Waals surface area contributed by atoms with Gasteiger partial charge in [-0.1, -0.05) is 29.3 Å². The summed E-state index contributed by atoms with van der Waals surface area (Å²) in [6.45, 7) is 0.281. The third kappa shape index (κ3) is 3.97. The largest absolute Gasteiger partial charge is 0.481 e. The Balaban J connectivity index is 2.02. The summed E-state index contributed by atoms with van der Waals surface area (Å²) in [5.41, 5.74) is 0.536. The van der Waals surface area contributed by atoms with E-state index in [1.54, 1.807) is 18.2 Å². The van der Waals surface area contributed by atoms with Crippen LogP contribution in [0.1, 0.15) is 5.56 Å². The van der Waals surface area contributed by atoms with E-state index in [4.69, 9.17) is 33.0 Å². The first kappa shape index (κ1) is 15.8. The average Bonchev–Trinajstić information content (AvgIpc) is 2.86. The molecule has 5 nitrogen and oxygen atoms in total. The Morgan fingerprint density at radius 3 is 2.57 bits per heavy atom. The molecule has 0 aliphatic carbocycles. The van der Waals surface area contributed by atoms with Crippen LogP contribution < -0.4 is 5.32 Å². The molecule has 0 radical (unpaired) electrons. The van der Waals surface area contributed by atoms with Crippen molar-refractivity contribution in [2.75, 3.05) is 13.2 Å². The number of carbonyl (C=O) groups excluding carboxylic acids is 1. The monoisotopic (exact) mass is 329 g/mol. The molecule has 0 saturated carbocycles. The number of amides is 1. The molecule has 0 bridgehead atoms. The number of halogens is 2. The third-order valence-electron chi connectivity index (χ3n) is 3.13. The van der Waals surface area contributed by atoms with Crippen LogP contribution in [-0.4, -0.2) is 36.2 Å². The van der Waals surface area contributed by atoms with Gasteiger partial charge >= 0.3 is 5.97 Å². The second kappa shape index (κ2) is 6.93. The molecule has 2 unspecified atom stereocenters. The first-order valence-corrected chi connectivity index (χ1v) is 6.97. The second-order valence-electron chi connectivity index (χ2n) is 4.57. The van der Waals surface area contributed by atoms with Gasteiger partial charge in [-0.05, 0) is 18.2 Å². The first-order chi connectivity index (χ1) is 9.99. The van der Waals surface area contributed by atoms with E-state index in [0.717, 1.165) is 0 Å². The van der Waals surface area contributed by atoms with Gasteiger partial charge in [-0.2, -0.15) is 0 Å². The summed E-state index contributed by atoms with van der Waals surface area (Å²) in [5.74, 6) is -2.14. The van der Waals surface area contributed by atoms with Crippen molar-refractivity contribution in [3.63, 3.8) is 0 Å². The molecule has 1 aliphatic rings. The normalized spacial score (nSPS) is 21.6. The number of aliphatic carboxylic acids is 1. The van der Waals surface area contributed by atoms with Crippen LogP contribution in [0.25, 0.3) is 6.08 Å². The van der Waals surface area contributed by atoms with Crippen molar-refractivity contribution in [2.45, 2.75) is 6.04 Å². The van der Waals surface area contributed by atoms with Gasteiger partial charge in [0.1, 0.15) is 5.92 Å². The maximum Gasteiger partial charge on any atom is 0.311 e. The first-order valence-electron chi connectivity index (χ1n) is 6.22. The van der Waals surface area contributed by atoms with Gasteiger partial charge in [-0.25, -0.2) is 0 Å². The maximum absolute atomic E-state index is 11.8. The topological polar surface area (TPSA) is 75.6 Å². The Labute approximate surface area is 131 Å². The molecule has 1 aliphatic heterocycles. The Bertz CT molecular complexity index is 568. The number of ether oxygens (including phenoxy) is 1. The molecule has 0 spiro atoms. The van der Waals surface area contributed by atoms with E-state index in [-0.39, 0.29) is 13.2 Å². The van der Waals surface area contributed by atoms with E-state index >= 15 is 0 Å². The highest BCUT2D eigenvalue weighted by Gasteiger charge is 2.34. The number of carboxylic acids is 1. The lowest BCUT2D eigenvalue weighted by molar-refractivity contribution is -0.142. The number of rotatable bonds is 4. The number of hydrogen-bond acceptors (Lipinski definition) is 3. The summed E-state index contributed by atoms with van der Waals surface area (Å²) in [6.07, 6.45) is 2.76. The molecule has 2 N–H and O–H groups in total. The molecule has 1 heterocycles. The minimum absolute atomic E-state index is 0.0976. The van der Waals surface area contributed by atoms with E-state index in [9.17, 15) is 9.59 Å². The number of benzene rings is 1. The van der Waals surface area contributed by atoms with Crippen LogP contribution in [0.2, 0.25) is 10.0 Å². The average molecular weight is 330 g/mol. The lowest BCUT2D eigenvalue weighted by Gasteiger charge is -2.14. The van der Waals surface area contributed by atoms with Crippen LogP contribution in [0.4, 0.5) is 0 Å². The highest BCUT2D eigenvalue weighted by molar-refractivity contribution is 6.37. The highest BCUT2D eigenvalue weighted by Crippen LogP contribution is 2.25. The van der Waals surface area contributed by atoms with Gasteiger partial charge < -0.3 is 15.2 Å². The van der Waals surface area contributed by atoms with E-state index in [0.29, 0.717) is 15.6 Å². The van der Waals surface area contributed by atoms with Crippen molar-refractivity contribution in [2.24, 2.45) is 5.92 Å². The molecule has 112 valence electrons. The Hall–Kier alpha value is -1.56.